The lowest BCUT2D eigenvalue weighted by Crippen LogP contribution is -2.53. The van der Waals surface area contributed by atoms with Crippen LogP contribution in [0.4, 0.5) is 10.5 Å². The first-order valence-corrected chi connectivity index (χ1v) is 19.4. The van der Waals surface area contributed by atoms with Crippen molar-refractivity contribution in [3.8, 4) is 5.75 Å². The summed E-state index contributed by atoms with van der Waals surface area (Å²) < 4.78 is 62.8. The van der Waals surface area contributed by atoms with Crippen LogP contribution in [0.1, 0.15) is 25.8 Å². The van der Waals surface area contributed by atoms with Crippen molar-refractivity contribution in [1.82, 2.24) is 9.62 Å². The lowest BCUT2D eigenvalue weighted by molar-refractivity contribution is -0.0907. The molecule has 2 heterocycles. The fourth-order valence-electron chi connectivity index (χ4n) is 5.46. The molecule has 2 aromatic rings. The molecular weight excluding hydrogens is 621 g/mol. The summed E-state index contributed by atoms with van der Waals surface area (Å²) in [5.41, 5.74) is 1.65. The van der Waals surface area contributed by atoms with E-state index < -0.39 is 47.8 Å². The second-order valence-corrected chi connectivity index (χ2v) is 17.9. The molecule has 3 N–H and O–H groups in total. The van der Waals surface area contributed by atoms with Crippen LogP contribution in [0.5, 0.6) is 5.75 Å². The first-order chi connectivity index (χ1) is 21.2. The first kappa shape index (κ1) is 35.2. The zero-order valence-electron chi connectivity index (χ0n) is 26.5. The van der Waals surface area contributed by atoms with Crippen molar-refractivity contribution < 1.29 is 41.8 Å². The van der Waals surface area contributed by atoms with Crippen molar-refractivity contribution in [2.45, 2.75) is 55.9 Å². The Kier molecular flexibility index (Phi) is 11.9. The Morgan fingerprint density at radius 3 is 2.40 bits per heavy atom. The summed E-state index contributed by atoms with van der Waals surface area (Å²) in [5, 5.41) is 17.5. The van der Waals surface area contributed by atoms with E-state index >= 15 is 0 Å². The average molecular weight is 668 g/mol. The van der Waals surface area contributed by atoms with Crippen molar-refractivity contribution in [1.29, 1.82) is 0 Å². The van der Waals surface area contributed by atoms with E-state index in [1.54, 1.807) is 25.5 Å². The van der Waals surface area contributed by atoms with E-state index in [1.165, 1.54) is 23.5 Å². The number of benzene rings is 2. The molecule has 2 aliphatic heterocycles. The van der Waals surface area contributed by atoms with Crippen molar-refractivity contribution in [3.63, 3.8) is 0 Å². The number of aliphatic hydroxyl groups is 1. The third-order valence-electron chi connectivity index (χ3n) is 7.71. The number of carbonyl (C=O) groups excluding carboxylic acids is 1. The number of methoxy groups -OCH3 is 1. The number of nitrogens with one attached hydrogen (secondary N) is 2. The maximum absolute atomic E-state index is 13.7. The van der Waals surface area contributed by atoms with Crippen molar-refractivity contribution >= 4 is 28.9 Å². The van der Waals surface area contributed by atoms with Crippen molar-refractivity contribution in [3.05, 3.63) is 54.1 Å². The molecule has 12 nitrogen and oxygen atoms in total. The molecule has 1 amide bonds. The van der Waals surface area contributed by atoms with Crippen LogP contribution in [-0.4, -0.2) is 102 Å². The summed E-state index contributed by atoms with van der Waals surface area (Å²) in [6.07, 6.45) is -1.73. The molecule has 2 fully saturated rings. The summed E-state index contributed by atoms with van der Waals surface area (Å²) in [7, 11) is -4.73. The molecule has 2 aliphatic rings. The number of ether oxygens (including phenoxy) is 4. The first-order valence-electron chi connectivity index (χ1n) is 15.1. The molecule has 45 heavy (non-hydrogen) atoms. The van der Waals surface area contributed by atoms with Gasteiger partial charge in [-0.2, -0.15) is 4.31 Å². The number of hydrogen-bond acceptors (Lipinski definition) is 10. The Balaban J connectivity index is 1.50. The van der Waals surface area contributed by atoms with Crippen LogP contribution in [0.25, 0.3) is 0 Å². The summed E-state index contributed by atoms with van der Waals surface area (Å²) in [6.45, 7) is 7.96. The fourth-order valence-corrected chi connectivity index (χ4v) is 8.17. The number of aliphatic hydroxyl groups excluding tert-OH is 1. The molecule has 5 atom stereocenters. The van der Waals surface area contributed by atoms with E-state index in [2.05, 4.69) is 10.6 Å². The minimum atomic E-state index is -3.99. The number of alkyl carbamates (subject to hydrolysis) is 1. The molecule has 0 spiro atoms. The standard InChI is InChI=1S/C31H46N3O9PS/c1-21(2)17-34(45(38,39)25-12-10-24(40-3)11-13-25)18-28(35)27(16-32-23-8-6-22(7-9-23)20-44(4,5)37)33-31(36)43-29-19-42-30-26(29)14-15-41-30/h6-13,21,26-30,32,35H,14-20H2,1-5H3,(H,33,36)/t26-,27-,28+,29-,30+/m0/s1. The van der Waals surface area contributed by atoms with Crippen LogP contribution in [0, 0.1) is 11.8 Å². The smallest absolute Gasteiger partial charge is 0.407 e. The number of fused-ring (bicyclic) bond motifs is 1. The van der Waals surface area contributed by atoms with Crippen LogP contribution in [0.3, 0.4) is 0 Å². The van der Waals surface area contributed by atoms with Crippen LogP contribution in [0.2, 0.25) is 0 Å². The van der Waals surface area contributed by atoms with Gasteiger partial charge in [-0.15, -0.1) is 0 Å². The molecule has 0 saturated carbocycles. The van der Waals surface area contributed by atoms with Gasteiger partial charge < -0.3 is 39.3 Å². The van der Waals surface area contributed by atoms with Gasteiger partial charge in [0.25, 0.3) is 0 Å². The van der Waals surface area contributed by atoms with Gasteiger partial charge in [0, 0.05) is 31.5 Å². The molecule has 0 aliphatic carbocycles. The van der Waals surface area contributed by atoms with Gasteiger partial charge in [-0.3, -0.25) is 0 Å². The largest absolute Gasteiger partial charge is 0.497 e. The van der Waals surface area contributed by atoms with Gasteiger partial charge in [0.2, 0.25) is 10.0 Å². The Morgan fingerprint density at radius 1 is 1.09 bits per heavy atom. The maximum atomic E-state index is 13.7. The van der Waals surface area contributed by atoms with E-state index in [-0.39, 0.29) is 43.0 Å². The molecule has 0 unspecified atom stereocenters. The topological polar surface area (TPSA) is 153 Å². The molecule has 2 aromatic carbocycles. The third kappa shape index (κ3) is 9.91. The molecule has 4 rings (SSSR count). The molecule has 14 heteroatoms. The lowest BCUT2D eigenvalue weighted by Gasteiger charge is -2.31. The molecule has 0 bridgehead atoms. The highest BCUT2D eigenvalue weighted by atomic mass is 32.2. The third-order valence-corrected chi connectivity index (χ3v) is 10.7. The van der Waals surface area contributed by atoms with Crippen molar-refractivity contribution in [2.24, 2.45) is 11.8 Å². The van der Waals surface area contributed by atoms with Crippen molar-refractivity contribution in [2.75, 3.05) is 58.6 Å². The van der Waals surface area contributed by atoms with Crippen LogP contribution in [-0.2, 0) is 35.0 Å². The van der Waals surface area contributed by atoms with Crippen LogP contribution in [0.15, 0.2) is 53.4 Å². The molecule has 2 saturated heterocycles. The quantitative estimate of drug-likeness (QED) is 0.239. The predicted octanol–water partition coefficient (Wildman–Crippen LogP) is 3.79. The Bertz CT molecular complexity index is 1420. The number of anilines is 1. The lowest BCUT2D eigenvalue weighted by atomic mass is 10.0. The minimum absolute atomic E-state index is 0.0382. The number of nitrogens with zero attached hydrogens (tertiary/aromatic N) is 1. The van der Waals surface area contributed by atoms with Crippen LogP contribution >= 0.6 is 7.14 Å². The van der Waals surface area contributed by atoms with E-state index in [4.69, 9.17) is 18.9 Å². The summed E-state index contributed by atoms with van der Waals surface area (Å²) in [4.78, 5) is 13.2. The normalized spacial score (nSPS) is 21.4. The van der Waals surface area contributed by atoms with Gasteiger partial charge in [0.05, 0.1) is 50.4 Å². The molecular formula is C31H46N3O9PS. The minimum Gasteiger partial charge on any atom is -0.497 e. The predicted molar refractivity (Wildman–Crippen MR) is 172 cm³/mol. The van der Waals surface area contributed by atoms with E-state index in [1.807, 2.05) is 38.1 Å². The van der Waals surface area contributed by atoms with Gasteiger partial charge in [-0.1, -0.05) is 26.0 Å². The zero-order chi connectivity index (χ0) is 32.8. The SMILES string of the molecule is COc1ccc(S(=O)(=O)N(CC(C)C)C[C@@H](O)[C@H](CNc2ccc(CP(C)(C)=O)cc2)NC(=O)O[C@H]2CO[C@H]3OCC[C@H]32)cc1. The Hall–Kier alpha value is -2.67. The van der Waals surface area contributed by atoms with Crippen LogP contribution < -0.4 is 15.4 Å². The maximum Gasteiger partial charge on any atom is 0.407 e. The fraction of sp³-hybridized carbons (Fsp3) is 0.581. The number of sulfonamides is 1. The van der Waals surface area contributed by atoms with Gasteiger partial charge in [-0.05, 0) is 67.6 Å². The Morgan fingerprint density at radius 2 is 1.78 bits per heavy atom. The zero-order valence-corrected chi connectivity index (χ0v) is 28.3. The summed E-state index contributed by atoms with van der Waals surface area (Å²) in [6, 6.07) is 12.6. The number of carbonyl (C=O) groups is 1. The number of rotatable bonds is 15. The highest BCUT2D eigenvalue weighted by Crippen LogP contribution is 2.40. The summed E-state index contributed by atoms with van der Waals surface area (Å²) in [5.74, 6) is 0.421. The Labute approximate surface area is 266 Å². The van der Waals surface area contributed by atoms with E-state index in [0.717, 1.165) is 5.56 Å². The highest BCUT2D eigenvalue weighted by molar-refractivity contribution is 7.89. The second-order valence-electron chi connectivity index (χ2n) is 12.5. The molecule has 250 valence electrons. The van der Waals surface area contributed by atoms with Gasteiger partial charge in [0.15, 0.2) is 6.29 Å². The van der Waals surface area contributed by atoms with E-state index in [0.29, 0.717) is 30.6 Å². The van der Waals surface area contributed by atoms with Gasteiger partial charge in [0.1, 0.15) is 11.9 Å². The molecule has 0 aromatic heterocycles. The number of hydrogen-bond donors (Lipinski definition) is 3. The van der Waals surface area contributed by atoms with E-state index in [9.17, 15) is 22.9 Å². The highest BCUT2D eigenvalue weighted by Gasteiger charge is 2.44. The van der Waals surface area contributed by atoms with Gasteiger partial charge >= 0.3 is 6.09 Å². The monoisotopic (exact) mass is 667 g/mol. The van der Waals surface area contributed by atoms with Gasteiger partial charge in [-0.25, -0.2) is 13.2 Å². The molecule has 0 radical (unpaired) electrons. The number of amides is 1. The average Bonchev–Trinajstić information content (AvgIpc) is 3.60. The summed E-state index contributed by atoms with van der Waals surface area (Å²) >= 11 is 0. The second kappa shape index (κ2) is 15.3.